The van der Waals surface area contributed by atoms with Crippen LogP contribution in [-0.2, 0) is 4.79 Å². The number of benzene rings is 1. The van der Waals surface area contributed by atoms with Crippen molar-refractivity contribution in [1.82, 2.24) is 14.6 Å². The Morgan fingerprint density at radius 1 is 1.36 bits per heavy atom. The van der Waals surface area contributed by atoms with Crippen LogP contribution in [0.5, 0.6) is 11.6 Å². The minimum atomic E-state index is -0.570. The van der Waals surface area contributed by atoms with Crippen LogP contribution in [0.1, 0.15) is 0 Å². The second-order valence-corrected chi connectivity index (χ2v) is 6.54. The molecule has 0 atom stereocenters. The Hall–Kier alpha value is -3.56. The highest BCUT2D eigenvalue weighted by Crippen LogP contribution is 2.29. The highest BCUT2D eigenvalue weighted by atomic mass is 32.1. The lowest BCUT2D eigenvalue weighted by atomic mass is 10.3. The Morgan fingerprint density at radius 2 is 2.25 bits per heavy atom. The minimum Gasteiger partial charge on any atom is -0.434 e. The number of ether oxygens (including phenoxy) is 1. The van der Waals surface area contributed by atoms with Gasteiger partial charge in [0.2, 0.25) is 11.8 Å². The third kappa shape index (κ3) is 3.75. The number of carbonyl (C=O) groups excluding carboxylic acids is 1. The van der Waals surface area contributed by atoms with Crippen LogP contribution in [0.25, 0.3) is 5.52 Å². The molecule has 0 saturated heterocycles. The monoisotopic (exact) mass is 396 g/mol. The Bertz CT molecular complexity index is 1160. The van der Waals surface area contributed by atoms with Crippen LogP contribution in [-0.4, -0.2) is 20.5 Å². The van der Waals surface area contributed by atoms with Crippen LogP contribution in [0, 0.1) is 5.82 Å². The number of quaternary nitrogens is 1. The average Bonchev–Trinajstić information content (AvgIpc) is 3.36. The van der Waals surface area contributed by atoms with Gasteiger partial charge >= 0.3 is 5.91 Å². The maximum absolute atomic E-state index is 14.3. The Morgan fingerprint density at radius 3 is 3.04 bits per heavy atom. The summed E-state index contributed by atoms with van der Waals surface area (Å²) in [6.45, 7) is 3.42. The molecule has 0 saturated carbocycles. The number of aromatic nitrogens is 3. The quantitative estimate of drug-likeness (QED) is 0.386. The molecule has 3 heterocycles. The molecule has 28 heavy (non-hydrogen) atoms. The van der Waals surface area contributed by atoms with E-state index in [-0.39, 0.29) is 17.5 Å². The second-order valence-electron chi connectivity index (χ2n) is 5.76. The number of nitrogens with zero attached hydrogens (tertiary/aromatic N) is 3. The van der Waals surface area contributed by atoms with Gasteiger partial charge in [0.25, 0.3) is 0 Å². The summed E-state index contributed by atoms with van der Waals surface area (Å²) in [7, 11) is 0. The van der Waals surface area contributed by atoms with Gasteiger partial charge in [-0.05, 0) is 29.6 Å². The molecule has 9 heteroatoms. The molecule has 0 radical (unpaired) electrons. The number of halogens is 1. The number of hydrogen-bond donors (Lipinski definition) is 2. The summed E-state index contributed by atoms with van der Waals surface area (Å²) in [5.74, 6) is -0.408. The summed E-state index contributed by atoms with van der Waals surface area (Å²) >= 11 is 1.54. The maximum atomic E-state index is 14.3. The third-order valence-corrected chi connectivity index (χ3v) is 4.49. The maximum Gasteiger partial charge on any atom is 0.339 e. The van der Waals surface area contributed by atoms with Crippen LogP contribution in [0.3, 0.4) is 0 Å². The van der Waals surface area contributed by atoms with E-state index in [9.17, 15) is 9.18 Å². The normalized spacial score (nSPS) is 10.8. The lowest BCUT2D eigenvalue weighted by Gasteiger charge is -2.10. The second kappa shape index (κ2) is 7.59. The van der Waals surface area contributed by atoms with Crippen molar-refractivity contribution in [1.29, 1.82) is 0 Å². The van der Waals surface area contributed by atoms with Gasteiger partial charge in [-0.3, -0.25) is 0 Å². The molecule has 0 unspecified atom stereocenters. The van der Waals surface area contributed by atoms with E-state index in [1.165, 1.54) is 40.9 Å². The largest absolute Gasteiger partial charge is 0.434 e. The van der Waals surface area contributed by atoms with Gasteiger partial charge in [-0.15, -0.1) is 5.10 Å². The van der Waals surface area contributed by atoms with Crippen LogP contribution >= 0.6 is 11.3 Å². The average molecular weight is 396 g/mol. The summed E-state index contributed by atoms with van der Waals surface area (Å²) in [6, 6.07) is 9.60. The molecular formula is C19H15FN5O2S+. The predicted molar refractivity (Wildman–Crippen MR) is 104 cm³/mol. The lowest BCUT2D eigenvalue weighted by Crippen LogP contribution is -2.81. The number of fused-ring (bicyclic) bond motifs is 1. The van der Waals surface area contributed by atoms with Gasteiger partial charge in [0, 0.05) is 29.8 Å². The first-order valence-electron chi connectivity index (χ1n) is 8.25. The SMILES string of the molecule is C=CC(=O)[NH2+]c1ccc(F)c(Oc2nc(Nc3ccsc3)nn3cccc23)c1. The summed E-state index contributed by atoms with van der Waals surface area (Å²) in [4.78, 5) is 15.9. The molecule has 3 N–H and O–H groups in total. The van der Waals surface area contributed by atoms with E-state index < -0.39 is 5.82 Å². The number of amides is 1. The van der Waals surface area contributed by atoms with E-state index in [4.69, 9.17) is 4.74 Å². The molecule has 0 bridgehead atoms. The fraction of sp³-hybridized carbons (Fsp3) is 0. The first kappa shape index (κ1) is 17.8. The molecule has 140 valence electrons. The van der Waals surface area contributed by atoms with E-state index in [1.807, 2.05) is 16.8 Å². The van der Waals surface area contributed by atoms with Crippen LogP contribution < -0.4 is 15.4 Å². The molecule has 0 fully saturated rings. The van der Waals surface area contributed by atoms with Gasteiger partial charge in [-0.2, -0.15) is 16.3 Å². The van der Waals surface area contributed by atoms with Gasteiger partial charge < -0.3 is 10.1 Å². The fourth-order valence-corrected chi connectivity index (χ4v) is 3.10. The van der Waals surface area contributed by atoms with Crippen molar-refractivity contribution in [2.45, 2.75) is 0 Å². The molecule has 4 aromatic rings. The Balaban J connectivity index is 1.69. The zero-order valence-corrected chi connectivity index (χ0v) is 15.3. The van der Waals surface area contributed by atoms with Gasteiger partial charge in [0.05, 0.1) is 5.69 Å². The van der Waals surface area contributed by atoms with Gasteiger partial charge in [-0.25, -0.2) is 19.0 Å². The van der Waals surface area contributed by atoms with Crippen molar-refractivity contribution in [2.24, 2.45) is 0 Å². The lowest BCUT2D eigenvalue weighted by molar-refractivity contribution is -0.478. The molecule has 7 nitrogen and oxygen atoms in total. The van der Waals surface area contributed by atoms with Crippen LogP contribution in [0.4, 0.5) is 21.7 Å². The van der Waals surface area contributed by atoms with Crippen molar-refractivity contribution >= 4 is 40.1 Å². The number of primary amides is 1. The highest BCUT2D eigenvalue weighted by molar-refractivity contribution is 7.08. The summed E-state index contributed by atoms with van der Waals surface area (Å²) < 4.78 is 21.6. The summed E-state index contributed by atoms with van der Waals surface area (Å²) in [5, 5.41) is 12.6. The summed E-state index contributed by atoms with van der Waals surface area (Å²) in [5.41, 5.74) is 1.92. The van der Waals surface area contributed by atoms with Gasteiger partial charge in [0.1, 0.15) is 11.2 Å². The predicted octanol–water partition coefficient (Wildman–Crippen LogP) is 3.37. The third-order valence-electron chi connectivity index (χ3n) is 3.81. The van der Waals surface area contributed by atoms with E-state index in [1.54, 1.807) is 22.8 Å². The number of carbonyl (C=O) groups is 1. The molecule has 3 aromatic heterocycles. The number of rotatable bonds is 6. The van der Waals surface area contributed by atoms with Crippen LogP contribution in [0.2, 0.25) is 0 Å². The number of nitrogens with one attached hydrogen (secondary N) is 1. The molecule has 4 rings (SSSR count). The first-order chi connectivity index (χ1) is 13.6. The molecule has 0 aliphatic carbocycles. The zero-order valence-electron chi connectivity index (χ0n) is 14.5. The molecule has 0 spiro atoms. The zero-order chi connectivity index (χ0) is 19.5. The number of nitrogens with two attached hydrogens (primary N) is 1. The first-order valence-corrected chi connectivity index (χ1v) is 9.20. The fourth-order valence-electron chi connectivity index (χ4n) is 2.51. The molecule has 1 amide bonds. The van der Waals surface area contributed by atoms with Crippen molar-refractivity contribution < 1.29 is 19.2 Å². The van der Waals surface area contributed by atoms with Crippen molar-refractivity contribution in [3.8, 4) is 11.6 Å². The van der Waals surface area contributed by atoms with Crippen molar-refractivity contribution in [3.05, 3.63) is 71.8 Å². The van der Waals surface area contributed by atoms with Crippen molar-refractivity contribution in [3.63, 3.8) is 0 Å². The number of thiophene rings is 1. The standard InChI is InChI=1S/C19H14FN5O2S/c1-2-17(26)21-12-5-6-14(20)16(10-12)27-18-15-4-3-8-25(15)24-19(23-18)22-13-7-9-28-11-13/h2-11H,1H2,(H,21,26)(H,22,24)/p+1. The number of hydrogen-bond acceptors (Lipinski definition) is 6. The van der Waals surface area contributed by atoms with E-state index in [2.05, 4.69) is 22.0 Å². The van der Waals surface area contributed by atoms with E-state index in [0.717, 1.165) is 5.69 Å². The summed E-state index contributed by atoms with van der Waals surface area (Å²) in [6.07, 6.45) is 2.92. The van der Waals surface area contributed by atoms with E-state index in [0.29, 0.717) is 17.2 Å². The topological polar surface area (TPSA) is 85.1 Å². The van der Waals surface area contributed by atoms with Crippen molar-refractivity contribution in [2.75, 3.05) is 5.32 Å². The molecule has 0 aliphatic rings. The highest BCUT2D eigenvalue weighted by Gasteiger charge is 2.15. The Labute approximate surface area is 163 Å². The smallest absolute Gasteiger partial charge is 0.339 e. The van der Waals surface area contributed by atoms with E-state index >= 15 is 0 Å². The molecule has 1 aromatic carbocycles. The van der Waals surface area contributed by atoms with Crippen LogP contribution in [0.15, 0.2) is 66.0 Å². The Kier molecular flexibility index (Phi) is 4.83. The van der Waals surface area contributed by atoms with Gasteiger partial charge in [-0.1, -0.05) is 6.58 Å². The minimum absolute atomic E-state index is 0.0473. The molecule has 0 aliphatic heterocycles. The van der Waals surface area contributed by atoms with Gasteiger partial charge in [0.15, 0.2) is 11.6 Å². The molecular weight excluding hydrogens is 381 g/mol. The number of anilines is 2.